The van der Waals surface area contributed by atoms with Crippen LogP contribution in [0.5, 0.6) is 0 Å². The van der Waals surface area contributed by atoms with E-state index in [9.17, 15) is 4.79 Å². The van der Waals surface area contributed by atoms with Crippen LogP contribution in [0.25, 0.3) is 0 Å². The van der Waals surface area contributed by atoms with E-state index in [1.54, 1.807) is 0 Å². The molecule has 0 aliphatic rings. The molecule has 93 valence electrons. The molecule has 0 bridgehead atoms. The van der Waals surface area contributed by atoms with Gasteiger partial charge >= 0.3 is 5.97 Å². The van der Waals surface area contributed by atoms with Gasteiger partial charge in [-0.15, -0.1) is 0 Å². The van der Waals surface area contributed by atoms with Gasteiger partial charge in [-0.25, -0.2) is 4.79 Å². The first-order valence-corrected chi connectivity index (χ1v) is 5.48. The maximum Gasteiger partial charge on any atom is 0.330 e. The molecule has 0 saturated carbocycles. The van der Waals surface area contributed by atoms with Crippen molar-refractivity contribution in [2.24, 2.45) is 0 Å². The largest absolute Gasteiger partial charge is 0.460 e. The fourth-order valence-corrected chi connectivity index (χ4v) is 0.891. The van der Waals surface area contributed by atoms with Crippen LogP contribution >= 0.6 is 0 Å². The van der Waals surface area contributed by atoms with Crippen LogP contribution in [0.15, 0.2) is 12.7 Å². The van der Waals surface area contributed by atoms with E-state index in [0.717, 1.165) is 18.9 Å². The minimum atomic E-state index is -0.420. The third kappa shape index (κ3) is 9.68. The SMILES string of the molecule is [CH2]CC(C)OCCCOCCOC(=O)C=C. The summed E-state index contributed by atoms with van der Waals surface area (Å²) in [6.07, 6.45) is 2.94. The quantitative estimate of drug-likeness (QED) is 0.325. The Hall–Kier alpha value is -0.870. The monoisotopic (exact) mass is 229 g/mol. The van der Waals surface area contributed by atoms with E-state index in [1.165, 1.54) is 0 Å². The Morgan fingerprint density at radius 2 is 2.06 bits per heavy atom. The van der Waals surface area contributed by atoms with E-state index in [4.69, 9.17) is 14.2 Å². The average molecular weight is 229 g/mol. The van der Waals surface area contributed by atoms with Crippen molar-refractivity contribution in [3.8, 4) is 0 Å². The van der Waals surface area contributed by atoms with E-state index >= 15 is 0 Å². The molecule has 0 N–H and O–H groups in total. The number of esters is 1. The predicted octanol–water partition coefficient (Wildman–Crippen LogP) is 1.75. The highest BCUT2D eigenvalue weighted by Crippen LogP contribution is 1.96. The zero-order valence-electron chi connectivity index (χ0n) is 9.94. The fourth-order valence-electron chi connectivity index (χ4n) is 0.891. The lowest BCUT2D eigenvalue weighted by molar-refractivity contribution is -0.139. The molecule has 0 aromatic heterocycles. The van der Waals surface area contributed by atoms with Crippen molar-refractivity contribution < 1.29 is 19.0 Å². The van der Waals surface area contributed by atoms with Gasteiger partial charge in [0, 0.05) is 19.3 Å². The van der Waals surface area contributed by atoms with Gasteiger partial charge in [-0.3, -0.25) is 0 Å². The molecule has 0 aromatic carbocycles. The summed E-state index contributed by atoms with van der Waals surface area (Å²) in [4.78, 5) is 10.6. The molecule has 0 amide bonds. The number of carbonyl (C=O) groups is 1. The van der Waals surface area contributed by atoms with E-state index in [0.29, 0.717) is 19.8 Å². The maximum atomic E-state index is 10.6. The first-order chi connectivity index (χ1) is 7.70. The van der Waals surface area contributed by atoms with Crippen molar-refractivity contribution in [2.75, 3.05) is 26.4 Å². The molecule has 0 heterocycles. The van der Waals surface area contributed by atoms with Gasteiger partial charge < -0.3 is 14.2 Å². The zero-order valence-corrected chi connectivity index (χ0v) is 9.94. The van der Waals surface area contributed by atoms with E-state index in [-0.39, 0.29) is 12.7 Å². The minimum absolute atomic E-state index is 0.202. The smallest absolute Gasteiger partial charge is 0.330 e. The lowest BCUT2D eigenvalue weighted by Crippen LogP contribution is -2.12. The van der Waals surface area contributed by atoms with Crippen molar-refractivity contribution >= 4 is 5.97 Å². The van der Waals surface area contributed by atoms with Gasteiger partial charge in [0.2, 0.25) is 0 Å². The Bertz CT molecular complexity index is 191. The maximum absolute atomic E-state index is 10.6. The van der Waals surface area contributed by atoms with Crippen LogP contribution < -0.4 is 0 Å². The molecule has 0 aliphatic carbocycles. The molecular formula is C12H21O4. The Kier molecular flexibility index (Phi) is 10.1. The molecule has 0 aromatic rings. The second kappa shape index (κ2) is 10.6. The van der Waals surface area contributed by atoms with Crippen molar-refractivity contribution in [3.05, 3.63) is 19.6 Å². The molecule has 4 heteroatoms. The summed E-state index contributed by atoms with van der Waals surface area (Å²) in [6, 6.07) is 0. The van der Waals surface area contributed by atoms with Gasteiger partial charge in [-0.1, -0.05) is 13.5 Å². The minimum Gasteiger partial charge on any atom is -0.460 e. The summed E-state index contributed by atoms with van der Waals surface area (Å²) in [5.74, 6) is -0.420. The summed E-state index contributed by atoms with van der Waals surface area (Å²) < 4.78 is 15.4. The van der Waals surface area contributed by atoms with Crippen molar-refractivity contribution in [2.45, 2.75) is 25.9 Å². The zero-order chi connectivity index (χ0) is 12.2. The van der Waals surface area contributed by atoms with Crippen molar-refractivity contribution in [3.63, 3.8) is 0 Å². The second-order valence-electron chi connectivity index (χ2n) is 3.31. The molecule has 0 saturated heterocycles. The first kappa shape index (κ1) is 15.1. The number of ether oxygens (including phenoxy) is 3. The van der Waals surface area contributed by atoms with Crippen LogP contribution in [0.4, 0.5) is 0 Å². The van der Waals surface area contributed by atoms with Gasteiger partial charge in [0.1, 0.15) is 6.61 Å². The molecule has 4 nitrogen and oxygen atoms in total. The average Bonchev–Trinajstić information content (AvgIpc) is 2.31. The molecule has 0 rings (SSSR count). The van der Waals surface area contributed by atoms with Crippen molar-refractivity contribution in [1.29, 1.82) is 0 Å². The van der Waals surface area contributed by atoms with E-state index in [1.807, 2.05) is 6.92 Å². The summed E-state index contributed by atoms with van der Waals surface area (Å²) >= 11 is 0. The Balaban J connectivity index is 3.10. The molecule has 1 radical (unpaired) electrons. The predicted molar refractivity (Wildman–Crippen MR) is 62.0 cm³/mol. The lowest BCUT2D eigenvalue weighted by atomic mass is 10.3. The van der Waals surface area contributed by atoms with Gasteiger partial charge in [0.15, 0.2) is 0 Å². The van der Waals surface area contributed by atoms with Crippen LogP contribution in [-0.2, 0) is 19.0 Å². The van der Waals surface area contributed by atoms with Gasteiger partial charge in [0.05, 0.1) is 12.7 Å². The molecule has 1 unspecified atom stereocenters. The summed E-state index contributed by atoms with van der Waals surface area (Å²) in [5.41, 5.74) is 0. The molecule has 0 fully saturated rings. The van der Waals surface area contributed by atoms with E-state index in [2.05, 4.69) is 13.5 Å². The molecular weight excluding hydrogens is 208 g/mol. The highest BCUT2D eigenvalue weighted by atomic mass is 16.6. The van der Waals surface area contributed by atoms with Crippen LogP contribution in [0.2, 0.25) is 0 Å². The van der Waals surface area contributed by atoms with Gasteiger partial charge in [-0.05, 0) is 19.8 Å². The molecule has 0 spiro atoms. The van der Waals surface area contributed by atoms with Crippen LogP contribution in [0, 0.1) is 6.92 Å². The van der Waals surface area contributed by atoms with E-state index < -0.39 is 5.97 Å². The fraction of sp³-hybridized carbons (Fsp3) is 0.667. The summed E-state index contributed by atoms with van der Waals surface area (Å²) in [7, 11) is 0. The van der Waals surface area contributed by atoms with Gasteiger partial charge in [-0.2, -0.15) is 0 Å². The normalized spacial score (nSPS) is 12.1. The number of rotatable bonds is 10. The summed E-state index contributed by atoms with van der Waals surface area (Å²) in [6.45, 7) is 11.0. The number of carbonyl (C=O) groups excluding carboxylic acids is 1. The Morgan fingerprint density at radius 3 is 2.69 bits per heavy atom. The Labute approximate surface area is 97.6 Å². The third-order valence-corrected chi connectivity index (χ3v) is 1.88. The molecule has 1 atom stereocenters. The third-order valence-electron chi connectivity index (χ3n) is 1.88. The highest BCUT2D eigenvalue weighted by Gasteiger charge is 1.98. The summed E-state index contributed by atoms with van der Waals surface area (Å²) in [5, 5.41) is 0. The van der Waals surface area contributed by atoms with Crippen LogP contribution in [-0.4, -0.2) is 38.5 Å². The van der Waals surface area contributed by atoms with Crippen molar-refractivity contribution in [1.82, 2.24) is 0 Å². The second-order valence-corrected chi connectivity index (χ2v) is 3.31. The topological polar surface area (TPSA) is 44.8 Å². The number of hydrogen-bond donors (Lipinski definition) is 0. The molecule has 16 heavy (non-hydrogen) atoms. The lowest BCUT2D eigenvalue weighted by Gasteiger charge is -2.10. The highest BCUT2D eigenvalue weighted by molar-refractivity contribution is 5.81. The van der Waals surface area contributed by atoms with Crippen LogP contribution in [0.3, 0.4) is 0 Å². The van der Waals surface area contributed by atoms with Crippen LogP contribution in [0.1, 0.15) is 19.8 Å². The Morgan fingerprint density at radius 1 is 1.31 bits per heavy atom. The van der Waals surface area contributed by atoms with Gasteiger partial charge in [0.25, 0.3) is 0 Å². The first-order valence-electron chi connectivity index (χ1n) is 5.48. The molecule has 0 aliphatic heterocycles. The number of hydrogen-bond acceptors (Lipinski definition) is 4. The standard InChI is InChI=1S/C12H21O4/c1-4-11(3)15-8-6-7-14-9-10-16-12(13)5-2/h5,11H,1-2,4,6-10H2,3H3.